The summed E-state index contributed by atoms with van der Waals surface area (Å²) in [5, 5.41) is 11.9. The second kappa shape index (κ2) is 11.2. The Morgan fingerprint density at radius 3 is 2.50 bits per heavy atom. The van der Waals surface area contributed by atoms with E-state index in [0.29, 0.717) is 53.5 Å². The fourth-order valence-electron chi connectivity index (χ4n) is 4.42. The highest BCUT2D eigenvalue weighted by Gasteiger charge is 2.29. The Morgan fingerprint density at radius 2 is 1.81 bits per heavy atom. The third-order valence-electron chi connectivity index (χ3n) is 6.52. The zero-order valence-electron chi connectivity index (χ0n) is 20.2. The fourth-order valence-corrected chi connectivity index (χ4v) is 4.42. The van der Waals surface area contributed by atoms with Gasteiger partial charge in [0.2, 0.25) is 5.78 Å². The molecule has 0 radical (unpaired) electrons. The number of aliphatic carboxylic acids is 1. The Hall–Kier alpha value is -4.01. The highest BCUT2D eigenvalue weighted by molar-refractivity contribution is 6.14. The Bertz CT molecular complexity index is 1180. The molecule has 9 heteroatoms. The number of methoxy groups -OCH3 is 2. The molecule has 0 saturated heterocycles. The molecule has 1 fully saturated rings. The number of carboxylic acids is 1. The Kier molecular flexibility index (Phi) is 7.77. The first-order valence-electron chi connectivity index (χ1n) is 11.8. The highest BCUT2D eigenvalue weighted by Crippen LogP contribution is 2.36. The van der Waals surface area contributed by atoms with Crippen LogP contribution in [-0.4, -0.2) is 50.1 Å². The number of ether oxygens (including phenoxy) is 4. The summed E-state index contributed by atoms with van der Waals surface area (Å²) in [6.45, 7) is 0.319. The maximum atomic E-state index is 12.8. The van der Waals surface area contributed by atoms with Gasteiger partial charge in [0.15, 0.2) is 12.4 Å². The van der Waals surface area contributed by atoms with Gasteiger partial charge in [0.05, 0.1) is 25.7 Å². The minimum atomic E-state index is -0.742. The van der Waals surface area contributed by atoms with Gasteiger partial charge in [0.25, 0.3) is 5.91 Å². The molecule has 1 heterocycles. The number of rotatable bonds is 9. The summed E-state index contributed by atoms with van der Waals surface area (Å²) >= 11 is 0. The van der Waals surface area contributed by atoms with Crippen LogP contribution in [-0.2, 0) is 9.59 Å². The summed E-state index contributed by atoms with van der Waals surface area (Å²) in [7, 11) is 3.10. The van der Waals surface area contributed by atoms with Crippen molar-refractivity contribution in [1.29, 1.82) is 0 Å². The molecule has 2 aromatic carbocycles. The lowest BCUT2D eigenvalue weighted by Gasteiger charge is -2.26. The molecular formula is C27H29NO8. The van der Waals surface area contributed by atoms with Crippen LogP contribution >= 0.6 is 0 Å². The first-order chi connectivity index (χ1) is 17.4. The van der Waals surface area contributed by atoms with Gasteiger partial charge < -0.3 is 29.4 Å². The van der Waals surface area contributed by atoms with Crippen molar-refractivity contribution < 1.29 is 38.4 Å². The molecule has 0 spiro atoms. The van der Waals surface area contributed by atoms with Crippen LogP contribution in [0.4, 0.5) is 0 Å². The van der Waals surface area contributed by atoms with Crippen LogP contribution in [0.15, 0.2) is 42.2 Å². The van der Waals surface area contributed by atoms with E-state index in [4.69, 9.17) is 24.1 Å². The molecule has 0 aromatic heterocycles. The van der Waals surface area contributed by atoms with Gasteiger partial charge in [-0.05, 0) is 68.0 Å². The lowest BCUT2D eigenvalue weighted by Crippen LogP contribution is -2.35. The van der Waals surface area contributed by atoms with E-state index in [1.54, 1.807) is 56.7 Å². The van der Waals surface area contributed by atoms with E-state index < -0.39 is 5.97 Å². The van der Waals surface area contributed by atoms with E-state index in [1.165, 1.54) is 0 Å². The van der Waals surface area contributed by atoms with Crippen LogP contribution in [0.5, 0.6) is 23.0 Å². The number of ketones is 1. The summed E-state index contributed by atoms with van der Waals surface area (Å²) in [6, 6.07) is 10.1. The van der Waals surface area contributed by atoms with Crippen LogP contribution in [0, 0.1) is 11.8 Å². The van der Waals surface area contributed by atoms with Gasteiger partial charge in [-0.25, -0.2) is 0 Å². The van der Waals surface area contributed by atoms with E-state index in [-0.39, 0.29) is 35.9 Å². The molecule has 1 aliphatic carbocycles. The number of carboxylic acid groups (broad SMARTS) is 1. The lowest BCUT2D eigenvalue weighted by molar-refractivity contribution is -0.143. The number of hydrogen-bond donors (Lipinski definition) is 2. The van der Waals surface area contributed by atoms with Gasteiger partial charge in [0, 0.05) is 18.2 Å². The molecule has 0 bridgehead atoms. The van der Waals surface area contributed by atoms with Crippen LogP contribution in [0.25, 0.3) is 6.08 Å². The third kappa shape index (κ3) is 5.79. The van der Waals surface area contributed by atoms with E-state index in [9.17, 15) is 14.4 Å². The quantitative estimate of drug-likeness (QED) is 0.505. The molecule has 1 saturated carbocycles. The van der Waals surface area contributed by atoms with E-state index in [0.717, 1.165) is 12.8 Å². The number of carbonyl (C=O) groups excluding carboxylic acids is 2. The second-order valence-corrected chi connectivity index (χ2v) is 8.85. The van der Waals surface area contributed by atoms with Crippen LogP contribution in [0.1, 0.15) is 41.6 Å². The van der Waals surface area contributed by atoms with Crippen LogP contribution in [0.3, 0.4) is 0 Å². The molecule has 1 amide bonds. The predicted octanol–water partition coefficient (Wildman–Crippen LogP) is 3.71. The molecule has 4 rings (SSSR count). The van der Waals surface area contributed by atoms with Gasteiger partial charge in [-0.1, -0.05) is 0 Å². The number of benzene rings is 2. The van der Waals surface area contributed by atoms with Gasteiger partial charge in [-0.2, -0.15) is 0 Å². The number of hydrogen-bond acceptors (Lipinski definition) is 7. The Labute approximate surface area is 209 Å². The van der Waals surface area contributed by atoms with Gasteiger partial charge in [-0.3, -0.25) is 14.4 Å². The third-order valence-corrected chi connectivity index (χ3v) is 6.52. The fraction of sp³-hybridized carbons (Fsp3) is 0.370. The number of amides is 1. The monoisotopic (exact) mass is 495 g/mol. The number of nitrogens with one attached hydrogen (secondary N) is 1. The zero-order chi connectivity index (χ0) is 25.7. The standard InChI is InChI=1S/C27H29NO8/c1-33-19-8-10-22(34-2)18(11-19)12-24-26(30)21-9-7-20(13-23(21)36-24)35-15-25(29)28-14-16-3-5-17(6-4-16)27(31)32/h7-13,16-17H,3-6,14-15H2,1-2H3,(H,28,29)(H,31,32). The molecule has 9 nitrogen and oxygen atoms in total. The normalized spacial score (nSPS) is 19.8. The van der Waals surface area contributed by atoms with Crippen molar-refractivity contribution in [1.82, 2.24) is 5.32 Å². The molecule has 2 N–H and O–H groups in total. The Morgan fingerprint density at radius 1 is 1.06 bits per heavy atom. The lowest BCUT2D eigenvalue weighted by atomic mass is 9.82. The number of allylic oxidation sites excluding steroid dienone is 1. The first-order valence-corrected chi connectivity index (χ1v) is 11.8. The van der Waals surface area contributed by atoms with E-state index >= 15 is 0 Å². The zero-order valence-corrected chi connectivity index (χ0v) is 20.2. The highest BCUT2D eigenvalue weighted by atomic mass is 16.5. The summed E-state index contributed by atoms with van der Waals surface area (Å²) in [5.74, 6) is 0.806. The minimum absolute atomic E-state index is 0.143. The first kappa shape index (κ1) is 25.1. The summed E-state index contributed by atoms with van der Waals surface area (Å²) in [5.41, 5.74) is 1.04. The van der Waals surface area contributed by atoms with E-state index in [1.807, 2.05) is 0 Å². The molecule has 190 valence electrons. The predicted molar refractivity (Wildman–Crippen MR) is 131 cm³/mol. The molecule has 1 aliphatic heterocycles. The van der Waals surface area contributed by atoms with E-state index in [2.05, 4.69) is 5.32 Å². The number of fused-ring (bicyclic) bond motifs is 1. The average Bonchev–Trinajstić information content (AvgIpc) is 3.20. The molecule has 2 aromatic rings. The number of carbonyl (C=O) groups is 3. The molecule has 0 atom stereocenters. The summed E-state index contributed by atoms with van der Waals surface area (Å²) in [4.78, 5) is 36.1. The number of Topliss-reactive ketones (excluding diaryl/α,β-unsaturated/α-hetero) is 1. The molecule has 0 unspecified atom stereocenters. The Balaban J connectivity index is 1.32. The van der Waals surface area contributed by atoms with Crippen molar-refractivity contribution in [3.05, 3.63) is 53.3 Å². The van der Waals surface area contributed by atoms with Crippen molar-refractivity contribution in [2.75, 3.05) is 27.4 Å². The van der Waals surface area contributed by atoms with Crippen LogP contribution < -0.4 is 24.3 Å². The van der Waals surface area contributed by atoms with Crippen molar-refractivity contribution in [2.24, 2.45) is 11.8 Å². The van der Waals surface area contributed by atoms with Gasteiger partial charge in [-0.15, -0.1) is 0 Å². The van der Waals surface area contributed by atoms with Crippen molar-refractivity contribution in [3.8, 4) is 23.0 Å². The molecule has 36 heavy (non-hydrogen) atoms. The smallest absolute Gasteiger partial charge is 0.306 e. The van der Waals surface area contributed by atoms with Gasteiger partial charge >= 0.3 is 5.97 Å². The largest absolute Gasteiger partial charge is 0.497 e. The molecule has 2 aliphatic rings. The average molecular weight is 496 g/mol. The SMILES string of the molecule is COc1ccc(OC)c(C=C2Oc3cc(OCC(=O)NCC4CCC(C(=O)O)CC4)ccc3C2=O)c1. The van der Waals surface area contributed by atoms with Crippen molar-refractivity contribution >= 4 is 23.7 Å². The van der Waals surface area contributed by atoms with Crippen molar-refractivity contribution in [2.45, 2.75) is 25.7 Å². The summed E-state index contributed by atoms with van der Waals surface area (Å²) in [6.07, 6.45) is 4.45. The summed E-state index contributed by atoms with van der Waals surface area (Å²) < 4.78 is 22.0. The van der Waals surface area contributed by atoms with Crippen molar-refractivity contribution in [3.63, 3.8) is 0 Å². The minimum Gasteiger partial charge on any atom is -0.497 e. The molecular weight excluding hydrogens is 466 g/mol. The van der Waals surface area contributed by atoms with Gasteiger partial charge in [0.1, 0.15) is 23.0 Å². The second-order valence-electron chi connectivity index (χ2n) is 8.85. The van der Waals surface area contributed by atoms with Crippen LogP contribution in [0.2, 0.25) is 0 Å². The maximum absolute atomic E-state index is 12.8. The maximum Gasteiger partial charge on any atom is 0.306 e. The topological polar surface area (TPSA) is 120 Å².